The van der Waals surface area contributed by atoms with Crippen molar-refractivity contribution in [3.8, 4) is 0 Å². The number of aliphatic carboxylic acids is 2. The van der Waals surface area contributed by atoms with Crippen LogP contribution in [-0.4, -0.2) is 69.9 Å². The number of rotatable bonds is 15. The third-order valence-corrected chi connectivity index (χ3v) is 4.88. The van der Waals surface area contributed by atoms with E-state index in [9.17, 15) is 33.9 Å². The second-order valence-corrected chi connectivity index (χ2v) is 8.34. The Morgan fingerprint density at radius 2 is 1.36 bits per heavy atom. The molecule has 0 radical (unpaired) electrons. The molecule has 33 heavy (non-hydrogen) atoms. The Labute approximate surface area is 192 Å². The molecule has 0 aliphatic carbocycles. The molecular weight excluding hydrogens is 438 g/mol. The van der Waals surface area contributed by atoms with Crippen molar-refractivity contribution in [1.82, 2.24) is 16.0 Å². The molecule has 0 aromatic rings. The molecule has 5 unspecified atom stereocenters. The average Bonchev–Trinajstić information content (AvgIpc) is 2.68. The minimum absolute atomic E-state index is 0.0202. The second-order valence-electron chi connectivity index (χ2n) is 8.34. The van der Waals surface area contributed by atoms with E-state index in [0.717, 1.165) is 0 Å². The van der Waals surface area contributed by atoms with Crippen LogP contribution in [0, 0.1) is 11.8 Å². The van der Waals surface area contributed by atoms with Gasteiger partial charge in [-0.25, -0.2) is 4.79 Å². The number of carboxylic acid groups (broad SMARTS) is 2. The summed E-state index contributed by atoms with van der Waals surface area (Å²) in [5.74, 6) is -6.61. The van der Waals surface area contributed by atoms with E-state index in [1.807, 2.05) is 0 Å². The summed E-state index contributed by atoms with van der Waals surface area (Å²) in [5.41, 5.74) is 10.6. The Morgan fingerprint density at radius 3 is 1.79 bits per heavy atom. The number of carbonyl (C=O) groups is 6. The SMILES string of the molecule is CCC(C)C(NC(=O)C(CC(N)=O)NC(=O)C(N)CC(=O)O)C(=O)NC(CC(C)C)C(=O)O. The van der Waals surface area contributed by atoms with Crippen LogP contribution >= 0.6 is 0 Å². The molecule has 0 aliphatic rings. The number of hydrogen-bond acceptors (Lipinski definition) is 7. The van der Waals surface area contributed by atoms with Crippen molar-refractivity contribution >= 4 is 35.6 Å². The molecule has 13 nitrogen and oxygen atoms in total. The lowest BCUT2D eigenvalue weighted by Crippen LogP contribution is -2.59. The van der Waals surface area contributed by atoms with E-state index in [1.165, 1.54) is 0 Å². The summed E-state index contributed by atoms with van der Waals surface area (Å²) in [6.07, 6.45) is -0.723. The second kappa shape index (κ2) is 14.0. The van der Waals surface area contributed by atoms with Gasteiger partial charge in [-0.1, -0.05) is 34.1 Å². The molecule has 0 saturated carbocycles. The molecule has 5 atom stereocenters. The standard InChI is InChI=1S/C20H35N5O8/c1-5-10(4)16(19(31)24-13(20(32)33)6-9(2)3)25-18(30)12(8-14(22)26)23-17(29)11(21)7-15(27)28/h9-13,16H,5-8,21H2,1-4H3,(H2,22,26)(H,23,29)(H,24,31)(H,25,30)(H,27,28)(H,32,33). The number of carbonyl (C=O) groups excluding carboxylic acids is 4. The summed E-state index contributed by atoms with van der Waals surface area (Å²) in [4.78, 5) is 71.4. The van der Waals surface area contributed by atoms with Crippen molar-refractivity contribution in [2.75, 3.05) is 0 Å². The van der Waals surface area contributed by atoms with Gasteiger partial charge in [0.2, 0.25) is 23.6 Å². The third-order valence-electron chi connectivity index (χ3n) is 4.88. The van der Waals surface area contributed by atoms with Gasteiger partial charge in [0.1, 0.15) is 18.1 Å². The van der Waals surface area contributed by atoms with Crippen molar-refractivity contribution in [1.29, 1.82) is 0 Å². The Bertz CT molecular complexity index is 742. The molecule has 0 fully saturated rings. The van der Waals surface area contributed by atoms with Gasteiger partial charge in [0.15, 0.2) is 0 Å². The predicted octanol–water partition coefficient (Wildman–Crippen LogP) is -1.70. The highest BCUT2D eigenvalue weighted by Crippen LogP contribution is 2.11. The summed E-state index contributed by atoms with van der Waals surface area (Å²) in [6, 6.07) is -5.33. The fourth-order valence-electron chi connectivity index (χ4n) is 2.88. The maximum Gasteiger partial charge on any atom is 0.326 e. The van der Waals surface area contributed by atoms with Crippen LogP contribution < -0.4 is 27.4 Å². The first-order valence-corrected chi connectivity index (χ1v) is 10.6. The van der Waals surface area contributed by atoms with Crippen LogP contribution in [-0.2, 0) is 28.8 Å². The lowest BCUT2D eigenvalue weighted by atomic mass is 9.96. The molecule has 0 aromatic heterocycles. The van der Waals surface area contributed by atoms with Gasteiger partial charge in [0, 0.05) is 0 Å². The fraction of sp³-hybridized carbons (Fsp3) is 0.700. The maximum atomic E-state index is 12.8. The molecular formula is C20H35N5O8. The molecule has 0 rings (SSSR count). The number of amides is 4. The normalized spacial score (nSPS) is 15.5. The van der Waals surface area contributed by atoms with Crippen LogP contribution in [0.15, 0.2) is 0 Å². The predicted molar refractivity (Wildman–Crippen MR) is 116 cm³/mol. The number of nitrogens with one attached hydrogen (secondary N) is 3. The lowest BCUT2D eigenvalue weighted by molar-refractivity contribution is -0.143. The Kier molecular flexibility index (Phi) is 12.7. The Hall–Kier alpha value is -3.22. The summed E-state index contributed by atoms with van der Waals surface area (Å²) >= 11 is 0. The largest absolute Gasteiger partial charge is 0.481 e. The first-order valence-electron chi connectivity index (χ1n) is 10.6. The topological polar surface area (TPSA) is 231 Å². The van der Waals surface area contributed by atoms with Crippen molar-refractivity contribution < 1.29 is 39.0 Å². The van der Waals surface area contributed by atoms with Gasteiger partial charge in [-0.05, 0) is 18.3 Å². The van der Waals surface area contributed by atoms with Gasteiger partial charge in [0.25, 0.3) is 0 Å². The molecule has 13 heteroatoms. The van der Waals surface area contributed by atoms with E-state index < -0.39 is 78.5 Å². The minimum Gasteiger partial charge on any atom is -0.481 e. The molecule has 0 heterocycles. The first-order chi connectivity index (χ1) is 15.2. The molecule has 0 bridgehead atoms. The number of nitrogens with two attached hydrogens (primary N) is 2. The van der Waals surface area contributed by atoms with E-state index in [-0.39, 0.29) is 12.3 Å². The highest BCUT2D eigenvalue weighted by Gasteiger charge is 2.33. The first kappa shape index (κ1) is 29.8. The van der Waals surface area contributed by atoms with Gasteiger partial charge in [-0.3, -0.25) is 24.0 Å². The van der Waals surface area contributed by atoms with Crippen molar-refractivity contribution in [3.05, 3.63) is 0 Å². The molecule has 0 aliphatic heterocycles. The molecule has 0 spiro atoms. The summed E-state index contributed by atoms with van der Waals surface area (Å²) in [6.45, 7) is 7.01. The monoisotopic (exact) mass is 473 g/mol. The average molecular weight is 474 g/mol. The molecule has 4 amide bonds. The molecule has 188 valence electrons. The van der Waals surface area contributed by atoms with Gasteiger partial charge in [-0.15, -0.1) is 0 Å². The Morgan fingerprint density at radius 1 is 0.818 bits per heavy atom. The zero-order valence-corrected chi connectivity index (χ0v) is 19.3. The van der Waals surface area contributed by atoms with Gasteiger partial charge < -0.3 is 37.6 Å². The van der Waals surface area contributed by atoms with Crippen LogP contribution in [0.25, 0.3) is 0 Å². The molecule has 0 saturated heterocycles. The van der Waals surface area contributed by atoms with Crippen molar-refractivity contribution in [2.24, 2.45) is 23.3 Å². The highest BCUT2D eigenvalue weighted by molar-refractivity contribution is 5.96. The maximum absolute atomic E-state index is 12.8. The van der Waals surface area contributed by atoms with Crippen LogP contribution in [0.1, 0.15) is 53.4 Å². The van der Waals surface area contributed by atoms with Crippen LogP contribution in [0.5, 0.6) is 0 Å². The van der Waals surface area contributed by atoms with Gasteiger partial charge in [-0.2, -0.15) is 0 Å². The van der Waals surface area contributed by atoms with Crippen LogP contribution in [0.4, 0.5) is 0 Å². The quantitative estimate of drug-likeness (QED) is 0.143. The summed E-state index contributed by atoms with van der Waals surface area (Å²) in [7, 11) is 0. The number of carboxylic acids is 2. The zero-order chi connectivity index (χ0) is 25.9. The van der Waals surface area contributed by atoms with E-state index in [4.69, 9.17) is 16.6 Å². The van der Waals surface area contributed by atoms with E-state index >= 15 is 0 Å². The van der Waals surface area contributed by atoms with E-state index in [2.05, 4.69) is 16.0 Å². The Balaban J connectivity index is 5.59. The number of primary amides is 1. The fourth-order valence-corrected chi connectivity index (χ4v) is 2.88. The van der Waals surface area contributed by atoms with Crippen molar-refractivity contribution in [2.45, 2.75) is 77.5 Å². The van der Waals surface area contributed by atoms with Crippen LogP contribution in [0.3, 0.4) is 0 Å². The summed E-state index contributed by atoms with van der Waals surface area (Å²) < 4.78 is 0. The van der Waals surface area contributed by atoms with Crippen molar-refractivity contribution in [3.63, 3.8) is 0 Å². The van der Waals surface area contributed by atoms with Crippen LogP contribution in [0.2, 0.25) is 0 Å². The summed E-state index contributed by atoms with van der Waals surface area (Å²) in [5, 5.41) is 25.1. The third kappa shape index (κ3) is 11.3. The van der Waals surface area contributed by atoms with E-state index in [1.54, 1.807) is 27.7 Å². The number of hydrogen-bond donors (Lipinski definition) is 7. The lowest BCUT2D eigenvalue weighted by Gasteiger charge is -2.28. The van der Waals surface area contributed by atoms with Gasteiger partial charge in [0.05, 0.1) is 18.9 Å². The molecule has 9 N–H and O–H groups in total. The zero-order valence-electron chi connectivity index (χ0n) is 19.3. The minimum atomic E-state index is -1.51. The van der Waals surface area contributed by atoms with E-state index in [0.29, 0.717) is 6.42 Å². The molecule has 0 aromatic carbocycles. The smallest absolute Gasteiger partial charge is 0.326 e. The van der Waals surface area contributed by atoms with Gasteiger partial charge >= 0.3 is 11.9 Å². The highest BCUT2D eigenvalue weighted by atomic mass is 16.4.